The third kappa shape index (κ3) is 18.4. The van der Waals surface area contributed by atoms with Gasteiger partial charge in [-0.2, -0.15) is 4.98 Å². The molecule has 3 aromatic rings. The number of carboxylic acids is 4. The number of nitrogens with zero attached hydrogens (tertiary/aromatic N) is 4. The number of nitrogens with two attached hydrogens (primary N) is 3. The van der Waals surface area contributed by atoms with Crippen LogP contribution >= 0.6 is 0 Å². The molecule has 6 amide bonds. The molecule has 0 aliphatic heterocycles. The Morgan fingerprint density at radius 3 is 1.88 bits per heavy atom. The van der Waals surface area contributed by atoms with Crippen LogP contribution in [0.5, 0.6) is 0 Å². The summed E-state index contributed by atoms with van der Waals surface area (Å²) in [7, 11) is 0. The number of amides is 6. The van der Waals surface area contributed by atoms with Crippen molar-refractivity contribution in [2.45, 2.75) is 88.6 Å². The summed E-state index contributed by atoms with van der Waals surface area (Å²) >= 11 is 0. The lowest BCUT2D eigenvalue weighted by molar-refractivity contribution is -0.143. The lowest BCUT2D eigenvalue weighted by Crippen LogP contribution is -2.59. The largest absolute Gasteiger partial charge is 0.481 e. The Kier molecular flexibility index (Phi) is 20.7. The molecule has 0 fully saturated rings. The number of carbonyl (C=O) groups excluding carboxylic acids is 6. The molecule has 0 saturated carbocycles. The number of aliphatic carboxylic acids is 4. The van der Waals surface area contributed by atoms with Gasteiger partial charge < -0.3 is 74.8 Å². The van der Waals surface area contributed by atoms with Gasteiger partial charge in [-0.1, -0.05) is 6.92 Å². The highest BCUT2D eigenvalue weighted by Crippen LogP contribution is 2.13. The van der Waals surface area contributed by atoms with Gasteiger partial charge in [0.1, 0.15) is 30.2 Å². The van der Waals surface area contributed by atoms with Crippen molar-refractivity contribution in [2.75, 3.05) is 24.1 Å². The summed E-state index contributed by atoms with van der Waals surface area (Å²) in [4.78, 5) is 156. The Labute approximate surface area is 389 Å². The molecule has 0 aliphatic carbocycles. The molecule has 1 aromatic carbocycles. The number of rotatable bonds is 28. The summed E-state index contributed by atoms with van der Waals surface area (Å²) in [5.41, 5.74) is 16.5. The lowest BCUT2D eigenvalue weighted by atomic mass is 10.1. The topological polar surface area (TPSA) is 498 Å². The summed E-state index contributed by atoms with van der Waals surface area (Å²) in [5.74, 6) is -13.1. The van der Waals surface area contributed by atoms with E-state index in [2.05, 4.69) is 56.8 Å². The van der Waals surface area contributed by atoms with Crippen LogP contribution in [0.1, 0.15) is 67.9 Å². The van der Waals surface area contributed by atoms with Gasteiger partial charge in [-0.05, 0) is 43.5 Å². The summed E-state index contributed by atoms with van der Waals surface area (Å²) in [6.07, 6.45) is -2.42. The Morgan fingerprint density at radius 1 is 0.725 bits per heavy atom. The monoisotopic (exact) mass is 969 g/mol. The van der Waals surface area contributed by atoms with Crippen molar-refractivity contribution >= 4 is 88.1 Å². The zero-order chi connectivity index (χ0) is 51.4. The normalized spacial score (nSPS) is 12.9. The first-order chi connectivity index (χ1) is 32.6. The number of aliphatic imine (C=N–C) groups is 1. The number of nitrogens with one attached hydrogen (secondary N) is 8. The van der Waals surface area contributed by atoms with Crippen molar-refractivity contribution < 1.29 is 68.4 Å². The first-order valence-corrected chi connectivity index (χ1v) is 20.6. The number of fused-ring (bicyclic) bond motifs is 1. The van der Waals surface area contributed by atoms with Gasteiger partial charge in [-0.15, -0.1) is 0 Å². The van der Waals surface area contributed by atoms with Crippen molar-refractivity contribution in [1.29, 1.82) is 0 Å². The second-order valence-electron chi connectivity index (χ2n) is 14.8. The number of hydrogen-bond donors (Lipinski definition) is 15. The van der Waals surface area contributed by atoms with Crippen molar-refractivity contribution in [3.05, 3.63) is 52.1 Å². The number of aromatic nitrogens is 4. The van der Waals surface area contributed by atoms with Gasteiger partial charge in [0, 0.05) is 37.2 Å². The molecule has 2 aromatic heterocycles. The number of carbonyl (C=O) groups is 10. The van der Waals surface area contributed by atoms with Crippen LogP contribution in [-0.4, -0.2) is 149 Å². The molecular weight excluding hydrogens is 919 g/mol. The Bertz CT molecular complexity index is 2500. The fourth-order valence-corrected chi connectivity index (χ4v) is 5.93. The van der Waals surface area contributed by atoms with E-state index in [-0.39, 0.29) is 61.0 Å². The molecule has 372 valence electrons. The summed E-state index contributed by atoms with van der Waals surface area (Å²) in [6, 6.07) is -3.27. The quantitative estimate of drug-likeness (QED) is 0.0185. The van der Waals surface area contributed by atoms with Crippen molar-refractivity contribution in [1.82, 2.24) is 51.8 Å². The third-order valence-corrected chi connectivity index (χ3v) is 9.43. The number of aromatic amines is 1. The highest BCUT2D eigenvalue weighted by atomic mass is 16.4. The van der Waals surface area contributed by atoms with E-state index in [1.165, 1.54) is 37.4 Å². The predicted octanol–water partition coefficient (Wildman–Crippen LogP) is -4.58. The number of benzene rings is 1. The van der Waals surface area contributed by atoms with E-state index in [0.717, 1.165) is 0 Å². The summed E-state index contributed by atoms with van der Waals surface area (Å²) in [5, 5.41) is 54.4. The van der Waals surface area contributed by atoms with Crippen molar-refractivity contribution in [3.8, 4) is 0 Å². The van der Waals surface area contributed by atoms with Crippen LogP contribution in [-0.2, 0) is 49.7 Å². The van der Waals surface area contributed by atoms with Crippen molar-refractivity contribution in [3.63, 3.8) is 0 Å². The molecule has 2 heterocycles. The van der Waals surface area contributed by atoms with E-state index >= 15 is 0 Å². The maximum Gasteiger partial charge on any atom is 0.328 e. The first-order valence-electron chi connectivity index (χ1n) is 20.6. The molecule has 3 rings (SSSR count). The Hall–Kier alpha value is -8.99. The van der Waals surface area contributed by atoms with Gasteiger partial charge in [0.2, 0.25) is 35.5 Å². The minimum absolute atomic E-state index is 0.0174. The molecule has 0 spiro atoms. The predicted molar refractivity (Wildman–Crippen MR) is 237 cm³/mol. The molecule has 5 atom stereocenters. The molecule has 0 radical (unpaired) electrons. The molecule has 0 aliphatic rings. The van der Waals surface area contributed by atoms with Crippen LogP contribution in [0, 0.1) is 0 Å². The summed E-state index contributed by atoms with van der Waals surface area (Å²) in [6.45, 7) is 0.860. The van der Waals surface area contributed by atoms with E-state index < -0.39 is 127 Å². The number of carboxylic acid groups (broad SMARTS) is 4. The first kappa shape index (κ1) is 54.3. The lowest BCUT2D eigenvalue weighted by Gasteiger charge is -2.25. The SMILES string of the molecule is CCC(=O)NC[C@H](NC(=O)[C@H](CC(=O)O)NC(=O)[C@H](CCCN=C(N)N)NC(=O)[C@H](CC(=O)O)NC(=O)CC[C@H](NC(=O)c1ccc(NCc2cnc3nc(N)[nH]c(=O)c3n2)cc1)C(=O)O)C(=O)O. The van der Waals surface area contributed by atoms with Gasteiger partial charge in [-0.25, -0.2) is 19.6 Å². The zero-order valence-corrected chi connectivity index (χ0v) is 36.6. The molecule has 0 unspecified atom stereocenters. The zero-order valence-electron chi connectivity index (χ0n) is 36.6. The number of H-pyrrole nitrogens is 1. The van der Waals surface area contributed by atoms with Crippen LogP contribution in [0.3, 0.4) is 0 Å². The van der Waals surface area contributed by atoms with Gasteiger partial charge >= 0.3 is 23.9 Å². The number of anilines is 2. The van der Waals surface area contributed by atoms with Crippen LogP contribution in [0.15, 0.2) is 40.2 Å². The number of hydrogen-bond acceptors (Lipinski definition) is 17. The number of guanidine groups is 1. The maximum atomic E-state index is 13.6. The second kappa shape index (κ2) is 26.2. The van der Waals surface area contributed by atoms with Crippen LogP contribution < -0.4 is 60.0 Å². The standard InChI is InChI=1S/C39H51N15O15/c1-2-25(55)45-16-24(37(68)69)52-34(64)23(13-28(59)60)51-32(62)20(4-3-11-43-38(40)41)49-33(63)22(12-27(57)58)48-26(56)10-9-21(36(66)67)50-31(61)17-5-7-18(8-6-17)44-14-19-15-46-30-29(47-19)35(65)54-39(42)53-30/h5-8,15,20-24,44H,2-4,9-14,16H2,1H3,(H,45,55)(H,48,56)(H,49,63)(H,50,61)(H,51,62)(H,52,64)(H,57,58)(H,59,60)(H,66,67)(H,68,69)(H4,40,41,43)(H3,42,46,53,54,65)/t20-,21-,22-,23-,24-/m0/s1. The molecule has 18 N–H and O–H groups in total. The third-order valence-electron chi connectivity index (χ3n) is 9.43. The Balaban J connectivity index is 1.67. The molecule has 0 bridgehead atoms. The molecule has 30 heteroatoms. The fraction of sp³-hybridized carbons (Fsp3) is 0.410. The highest BCUT2D eigenvalue weighted by molar-refractivity contribution is 5.98. The molecule has 0 saturated heterocycles. The molecule has 69 heavy (non-hydrogen) atoms. The smallest absolute Gasteiger partial charge is 0.328 e. The minimum atomic E-state index is -1.96. The second-order valence-corrected chi connectivity index (χ2v) is 14.8. The average Bonchev–Trinajstić information content (AvgIpc) is 3.28. The average molecular weight is 970 g/mol. The van der Waals surface area contributed by atoms with Crippen LogP contribution in [0.4, 0.5) is 11.6 Å². The van der Waals surface area contributed by atoms with Gasteiger partial charge in [0.05, 0.1) is 31.3 Å². The van der Waals surface area contributed by atoms with Crippen LogP contribution in [0.25, 0.3) is 11.2 Å². The van der Waals surface area contributed by atoms with Crippen LogP contribution in [0.2, 0.25) is 0 Å². The van der Waals surface area contributed by atoms with E-state index in [4.69, 9.17) is 17.2 Å². The van der Waals surface area contributed by atoms with E-state index in [0.29, 0.717) is 11.4 Å². The van der Waals surface area contributed by atoms with Crippen molar-refractivity contribution in [2.24, 2.45) is 16.5 Å². The van der Waals surface area contributed by atoms with Gasteiger partial charge in [-0.3, -0.25) is 53.1 Å². The Morgan fingerprint density at radius 2 is 1.30 bits per heavy atom. The molecular formula is C39H51N15O15. The minimum Gasteiger partial charge on any atom is -0.481 e. The van der Waals surface area contributed by atoms with Gasteiger partial charge in [0.25, 0.3) is 11.5 Å². The maximum absolute atomic E-state index is 13.6. The van der Waals surface area contributed by atoms with E-state index in [1.54, 1.807) is 0 Å². The number of nitrogen functional groups attached to an aromatic ring is 1. The molecule has 30 nitrogen and oxygen atoms in total. The highest BCUT2D eigenvalue weighted by Gasteiger charge is 2.33. The fourth-order valence-electron chi connectivity index (χ4n) is 5.93. The van der Waals surface area contributed by atoms with Gasteiger partial charge in [0.15, 0.2) is 17.1 Å². The summed E-state index contributed by atoms with van der Waals surface area (Å²) < 4.78 is 0. The van der Waals surface area contributed by atoms with E-state index in [9.17, 15) is 73.2 Å². The van der Waals surface area contributed by atoms with E-state index in [1.807, 2.05) is 5.32 Å².